The third-order valence-electron chi connectivity index (χ3n) is 3.03. The fraction of sp³-hybridized carbons (Fsp3) is 1.00. The number of hydrogen-bond donors (Lipinski definition) is 3. The fourth-order valence-electron chi connectivity index (χ4n) is 1.81. The Hall–Kier alpha value is -0.175. The first-order valence-corrected chi connectivity index (χ1v) is 7.56. The van der Waals surface area contributed by atoms with E-state index in [4.69, 9.17) is 19.9 Å². The van der Waals surface area contributed by atoms with Crippen LogP contribution in [0.3, 0.4) is 0 Å². The van der Waals surface area contributed by atoms with Gasteiger partial charge in [-0.05, 0) is 25.9 Å². The summed E-state index contributed by atoms with van der Waals surface area (Å²) in [5.41, 5.74) is 0. The predicted octanol–water partition coefficient (Wildman–Crippen LogP) is 0.252. The lowest BCUT2D eigenvalue weighted by Crippen LogP contribution is -2.34. The van der Waals surface area contributed by atoms with Crippen molar-refractivity contribution in [3.05, 3.63) is 0 Å². The quantitative estimate of drug-likeness (QED) is 0.314. The van der Waals surface area contributed by atoms with E-state index in [1.165, 1.54) is 25.7 Å². The van der Waals surface area contributed by atoms with E-state index in [0.717, 1.165) is 19.6 Å². The van der Waals surface area contributed by atoms with Crippen LogP contribution in [0.2, 0.25) is 0 Å². The van der Waals surface area contributed by atoms with Gasteiger partial charge in [-0.1, -0.05) is 26.7 Å². The van der Waals surface area contributed by atoms with Crippen LogP contribution >= 0.6 is 0 Å². The number of hydrogen-bond acceptors (Lipinski definition) is 6. The average molecular weight is 291 g/mol. The molecule has 7 heteroatoms. The SMILES string of the molecule is CCCCN(CCCC)CCOCC(CO)OB(O)O. The molecule has 0 saturated carbocycles. The van der Waals surface area contributed by atoms with E-state index in [0.29, 0.717) is 6.61 Å². The third-order valence-corrected chi connectivity index (χ3v) is 3.03. The number of unbranched alkanes of at least 4 members (excludes halogenated alkanes) is 2. The van der Waals surface area contributed by atoms with Crippen molar-refractivity contribution < 1.29 is 24.5 Å². The zero-order valence-electron chi connectivity index (χ0n) is 12.8. The first kappa shape index (κ1) is 19.8. The van der Waals surface area contributed by atoms with Gasteiger partial charge in [0, 0.05) is 6.54 Å². The molecule has 0 rings (SSSR count). The van der Waals surface area contributed by atoms with Crippen LogP contribution in [0, 0.1) is 0 Å². The summed E-state index contributed by atoms with van der Waals surface area (Å²) in [6.07, 6.45) is 4.03. The highest BCUT2D eigenvalue weighted by molar-refractivity contribution is 6.32. The van der Waals surface area contributed by atoms with Crippen LogP contribution in [-0.4, -0.2) is 72.9 Å². The van der Waals surface area contributed by atoms with Gasteiger partial charge in [-0.2, -0.15) is 0 Å². The lowest BCUT2D eigenvalue weighted by atomic mass is 10.2. The molecule has 0 amide bonds. The smallest absolute Gasteiger partial charge is 0.402 e. The Morgan fingerprint density at radius 1 is 1.05 bits per heavy atom. The second-order valence-corrected chi connectivity index (χ2v) is 4.89. The molecule has 120 valence electrons. The normalized spacial score (nSPS) is 12.9. The molecule has 0 aliphatic rings. The first-order chi connectivity index (χ1) is 9.63. The zero-order chi connectivity index (χ0) is 15.2. The van der Waals surface area contributed by atoms with Crippen molar-refractivity contribution in [1.29, 1.82) is 0 Å². The minimum absolute atomic E-state index is 0.156. The molecule has 0 saturated heterocycles. The van der Waals surface area contributed by atoms with Crippen LogP contribution in [0.4, 0.5) is 0 Å². The summed E-state index contributed by atoms with van der Waals surface area (Å²) in [4.78, 5) is 2.38. The van der Waals surface area contributed by atoms with E-state index >= 15 is 0 Å². The van der Waals surface area contributed by atoms with Gasteiger partial charge in [-0.15, -0.1) is 0 Å². The molecule has 0 radical (unpaired) electrons. The summed E-state index contributed by atoms with van der Waals surface area (Å²) in [7, 11) is -1.87. The second kappa shape index (κ2) is 13.8. The van der Waals surface area contributed by atoms with Crippen LogP contribution in [0.5, 0.6) is 0 Å². The van der Waals surface area contributed by atoms with Crippen LogP contribution in [0.1, 0.15) is 39.5 Å². The highest BCUT2D eigenvalue weighted by Gasteiger charge is 2.17. The van der Waals surface area contributed by atoms with Crippen LogP contribution in [-0.2, 0) is 9.39 Å². The van der Waals surface area contributed by atoms with E-state index < -0.39 is 13.4 Å². The highest BCUT2D eigenvalue weighted by atomic mass is 16.6. The lowest BCUT2D eigenvalue weighted by molar-refractivity contribution is -0.00771. The molecule has 0 aliphatic carbocycles. The molecule has 1 unspecified atom stereocenters. The average Bonchev–Trinajstić information content (AvgIpc) is 2.43. The summed E-state index contributed by atoms with van der Waals surface area (Å²) >= 11 is 0. The predicted molar refractivity (Wildman–Crippen MR) is 79.2 cm³/mol. The van der Waals surface area contributed by atoms with Gasteiger partial charge in [0.25, 0.3) is 0 Å². The monoisotopic (exact) mass is 291 g/mol. The Bertz CT molecular complexity index is 201. The Morgan fingerprint density at radius 3 is 2.10 bits per heavy atom. The number of aliphatic hydroxyl groups excluding tert-OH is 1. The van der Waals surface area contributed by atoms with Gasteiger partial charge in [-0.3, -0.25) is 0 Å². The minimum Gasteiger partial charge on any atom is -0.402 e. The van der Waals surface area contributed by atoms with Gasteiger partial charge < -0.3 is 29.4 Å². The molecule has 1 atom stereocenters. The Morgan fingerprint density at radius 2 is 1.65 bits per heavy atom. The summed E-state index contributed by atoms with van der Waals surface area (Å²) < 4.78 is 10.1. The molecule has 0 bridgehead atoms. The lowest BCUT2D eigenvalue weighted by Gasteiger charge is -2.22. The number of nitrogens with zero attached hydrogens (tertiary/aromatic N) is 1. The van der Waals surface area contributed by atoms with E-state index in [9.17, 15) is 0 Å². The molecule has 0 heterocycles. The number of rotatable bonds is 14. The third kappa shape index (κ3) is 11.6. The molecule has 6 nitrogen and oxygen atoms in total. The Kier molecular flexibility index (Phi) is 13.7. The maximum absolute atomic E-state index is 8.98. The molecule has 0 aliphatic heterocycles. The molecule has 0 aromatic heterocycles. The Balaban J connectivity index is 3.78. The van der Waals surface area contributed by atoms with E-state index in [1.54, 1.807) is 0 Å². The molecule has 3 N–H and O–H groups in total. The summed E-state index contributed by atoms with van der Waals surface area (Å²) in [6, 6.07) is 0. The molecule has 20 heavy (non-hydrogen) atoms. The van der Waals surface area contributed by atoms with Gasteiger partial charge in [-0.25, -0.2) is 0 Å². The van der Waals surface area contributed by atoms with E-state index in [2.05, 4.69) is 23.4 Å². The van der Waals surface area contributed by atoms with Crippen molar-refractivity contribution in [2.45, 2.75) is 45.6 Å². The fourth-order valence-corrected chi connectivity index (χ4v) is 1.81. The molecular weight excluding hydrogens is 261 g/mol. The van der Waals surface area contributed by atoms with E-state index in [1.807, 2.05) is 0 Å². The molecule has 0 fully saturated rings. The second-order valence-electron chi connectivity index (χ2n) is 4.89. The summed E-state index contributed by atoms with van der Waals surface area (Å²) in [6.45, 7) is 7.77. The molecule has 0 aromatic carbocycles. The van der Waals surface area contributed by atoms with Crippen molar-refractivity contribution >= 4 is 7.32 Å². The number of ether oxygens (including phenoxy) is 1. The molecule has 0 spiro atoms. The van der Waals surface area contributed by atoms with Crippen molar-refractivity contribution in [2.75, 3.05) is 39.5 Å². The van der Waals surface area contributed by atoms with Crippen molar-refractivity contribution in [2.24, 2.45) is 0 Å². The van der Waals surface area contributed by atoms with Crippen molar-refractivity contribution in [1.82, 2.24) is 4.90 Å². The molecule has 0 aromatic rings. The summed E-state index contributed by atoms with van der Waals surface area (Å²) in [5.74, 6) is 0. The van der Waals surface area contributed by atoms with Gasteiger partial charge in [0.1, 0.15) is 0 Å². The maximum atomic E-state index is 8.98. The van der Waals surface area contributed by atoms with Gasteiger partial charge in [0.2, 0.25) is 0 Å². The van der Waals surface area contributed by atoms with Gasteiger partial charge in [0.05, 0.1) is 25.9 Å². The first-order valence-electron chi connectivity index (χ1n) is 7.56. The van der Waals surface area contributed by atoms with Gasteiger partial charge in [0.15, 0.2) is 0 Å². The van der Waals surface area contributed by atoms with E-state index in [-0.39, 0.29) is 13.2 Å². The van der Waals surface area contributed by atoms with Crippen LogP contribution in [0.15, 0.2) is 0 Å². The number of aliphatic hydroxyl groups is 1. The van der Waals surface area contributed by atoms with Crippen molar-refractivity contribution in [3.63, 3.8) is 0 Å². The van der Waals surface area contributed by atoms with Gasteiger partial charge >= 0.3 is 7.32 Å². The topological polar surface area (TPSA) is 82.4 Å². The maximum Gasteiger partial charge on any atom is 0.634 e. The summed E-state index contributed by atoms with van der Waals surface area (Å²) in [5, 5.41) is 26.3. The standard InChI is InChI=1S/C13H30BNO5/c1-3-5-7-15(8-6-4-2)9-10-19-12-13(11-16)20-14(17)18/h13,16-18H,3-12H2,1-2H3. The minimum atomic E-state index is -1.87. The van der Waals surface area contributed by atoms with Crippen LogP contribution in [0.25, 0.3) is 0 Å². The zero-order valence-corrected chi connectivity index (χ0v) is 12.8. The van der Waals surface area contributed by atoms with Crippen molar-refractivity contribution in [3.8, 4) is 0 Å². The Labute approximate surface area is 122 Å². The largest absolute Gasteiger partial charge is 0.634 e. The van der Waals surface area contributed by atoms with Crippen LogP contribution < -0.4 is 0 Å². The highest BCUT2D eigenvalue weighted by Crippen LogP contribution is 2.00. The molecular formula is C13H30BNO5.